The summed E-state index contributed by atoms with van der Waals surface area (Å²) in [4.78, 5) is 23.9. The smallest absolute Gasteiger partial charge is 0.331 e. The lowest BCUT2D eigenvalue weighted by Gasteiger charge is -2.27. The van der Waals surface area contributed by atoms with E-state index in [2.05, 4.69) is 10.1 Å². The number of esters is 1. The maximum absolute atomic E-state index is 12.3. The van der Waals surface area contributed by atoms with Gasteiger partial charge in [-0.05, 0) is 25.5 Å². The molecule has 0 aromatic heterocycles. The van der Waals surface area contributed by atoms with Gasteiger partial charge in [-0.1, -0.05) is 25.1 Å². The molecule has 1 aromatic carbocycles. The van der Waals surface area contributed by atoms with Crippen LogP contribution in [0, 0.1) is 0 Å². The molecule has 0 saturated carbocycles. The minimum Gasteiger partial charge on any atom is -0.467 e. The van der Waals surface area contributed by atoms with Gasteiger partial charge in [0.1, 0.15) is 5.54 Å². The van der Waals surface area contributed by atoms with E-state index in [9.17, 15) is 18.0 Å². The van der Waals surface area contributed by atoms with Crippen molar-refractivity contribution >= 4 is 21.9 Å². The summed E-state index contributed by atoms with van der Waals surface area (Å²) in [7, 11) is -1.23. The van der Waals surface area contributed by atoms with Crippen LogP contribution in [0.2, 0.25) is 0 Å². The van der Waals surface area contributed by atoms with E-state index in [1.165, 1.54) is 33.2 Å². The topological polar surface area (TPSA) is 92.8 Å². The van der Waals surface area contributed by atoms with Crippen LogP contribution in [0.5, 0.6) is 0 Å². The molecule has 0 spiro atoms. The summed E-state index contributed by atoms with van der Waals surface area (Å²) < 4.78 is 30.3. The van der Waals surface area contributed by atoms with E-state index in [0.717, 1.165) is 4.31 Å². The third-order valence-corrected chi connectivity index (χ3v) is 5.39. The first kappa shape index (κ1) is 19.1. The third kappa shape index (κ3) is 4.52. The summed E-state index contributed by atoms with van der Waals surface area (Å²) in [6.45, 7) is 2.86. The van der Waals surface area contributed by atoms with Gasteiger partial charge in [-0.15, -0.1) is 0 Å². The van der Waals surface area contributed by atoms with Crippen molar-refractivity contribution in [2.45, 2.75) is 30.7 Å². The van der Waals surface area contributed by atoms with Gasteiger partial charge in [-0.25, -0.2) is 13.2 Å². The lowest BCUT2D eigenvalue weighted by atomic mass is 9.99. The first-order chi connectivity index (χ1) is 10.7. The number of benzene rings is 1. The molecule has 1 aromatic rings. The Morgan fingerprint density at radius 1 is 1.26 bits per heavy atom. The highest BCUT2D eigenvalue weighted by atomic mass is 32.2. The molecule has 1 N–H and O–H groups in total. The molecule has 0 unspecified atom stereocenters. The monoisotopic (exact) mass is 342 g/mol. The number of carbonyl (C=O) groups is 2. The molecule has 1 rings (SSSR count). The summed E-state index contributed by atoms with van der Waals surface area (Å²) in [6, 6.07) is 7.82. The molecule has 128 valence electrons. The van der Waals surface area contributed by atoms with Gasteiger partial charge >= 0.3 is 5.97 Å². The second-order valence-corrected chi connectivity index (χ2v) is 7.34. The lowest BCUT2D eigenvalue weighted by Crippen LogP contribution is -2.54. The van der Waals surface area contributed by atoms with Crippen molar-refractivity contribution in [1.29, 1.82) is 0 Å². The number of ether oxygens (including phenoxy) is 1. The third-order valence-electron chi connectivity index (χ3n) is 3.58. The van der Waals surface area contributed by atoms with Crippen LogP contribution in [-0.4, -0.2) is 50.8 Å². The highest BCUT2D eigenvalue weighted by Gasteiger charge is 2.35. The average molecular weight is 342 g/mol. The maximum atomic E-state index is 12.3. The van der Waals surface area contributed by atoms with Crippen molar-refractivity contribution in [1.82, 2.24) is 9.62 Å². The van der Waals surface area contributed by atoms with Crippen LogP contribution in [0.4, 0.5) is 0 Å². The van der Waals surface area contributed by atoms with Gasteiger partial charge in [-0.2, -0.15) is 4.31 Å². The minimum atomic E-state index is -3.77. The van der Waals surface area contributed by atoms with E-state index in [0.29, 0.717) is 6.42 Å². The van der Waals surface area contributed by atoms with Gasteiger partial charge in [0.2, 0.25) is 15.9 Å². The number of rotatable bonds is 7. The van der Waals surface area contributed by atoms with Crippen molar-refractivity contribution in [2.75, 3.05) is 20.7 Å². The number of amides is 1. The quantitative estimate of drug-likeness (QED) is 0.739. The maximum Gasteiger partial charge on any atom is 0.331 e. The second-order valence-electron chi connectivity index (χ2n) is 5.30. The fraction of sp³-hybridized carbons (Fsp3) is 0.467. The molecular formula is C15H22N2O5S. The van der Waals surface area contributed by atoms with E-state index >= 15 is 0 Å². The molecule has 8 heteroatoms. The average Bonchev–Trinajstić information content (AvgIpc) is 2.54. The highest BCUT2D eigenvalue weighted by Crippen LogP contribution is 2.14. The first-order valence-corrected chi connectivity index (χ1v) is 8.52. The lowest BCUT2D eigenvalue weighted by molar-refractivity contribution is -0.150. The van der Waals surface area contributed by atoms with Crippen LogP contribution in [0.1, 0.15) is 20.3 Å². The standard InChI is InChI=1S/C15H22N2O5S/c1-5-15(2,14(19)22-4)16-13(18)11-17(3)23(20,21)12-9-7-6-8-10-12/h6-10H,5,11H2,1-4H3,(H,16,18)/t15-/m1/s1. The zero-order valence-corrected chi connectivity index (χ0v) is 14.5. The molecule has 0 heterocycles. The fourth-order valence-corrected chi connectivity index (χ4v) is 3.06. The van der Waals surface area contributed by atoms with E-state index in [-0.39, 0.29) is 4.90 Å². The van der Waals surface area contributed by atoms with Crippen LogP contribution >= 0.6 is 0 Å². The van der Waals surface area contributed by atoms with E-state index in [4.69, 9.17) is 0 Å². The molecule has 1 amide bonds. The van der Waals surface area contributed by atoms with E-state index in [1.807, 2.05) is 0 Å². The Balaban J connectivity index is 2.83. The van der Waals surface area contributed by atoms with Crippen LogP contribution < -0.4 is 5.32 Å². The van der Waals surface area contributed by atoms with Gasteiger partial charge in [0.25, 0.3) is 0 Å². The summed E-state index contributed by atoms with van der Waals surface area (Å²) in [5.74, 6) is -1.16. The zero-order valence-electron chi connectivity index (χ0n) is 13.7. The van der Waals surface area contributed by atoms with E-state index < -0.39 is 34.0 Å². The van der Waals surface area contributed by atoms with Crippen molar-refractivity contribution in [3.05, 3.63) is 30.3 Å². The zero-order chi connectivity index (χ0) is 17.7. The van der Waals surface area contributed by atoms with Crippen LogP contribution in [0.15, 0.2) is 35.2 Å². The Morgan fingerprint density at radius 2 is 1.83 bits per heavy atom. The van der Waals surface area contributed by atoms with E-state index in [1.54, 1.807) is 25.1 Å². The first-order valence-electron chi connectivity index (χ1n) is 7.08. The Hall–Kier alpha value is -1.93. The summed E-state index contributed by atoms with van der Waals surface area (Å²) in [5.41, 5.74) is -1.19. The predicted octanol–water partition coefficient (Wildman–Crippen LogP) is 0.765. The molecule has 7 nitrogen and oxygen atoms in total. The molecule has 0 aliphatic rings. The molecule has 23 heavy (non-hydrogen) atoms. The molecule has 0 bridgehead atoms. The van der Waals surface area contributed by atoms with Gasteiger partial charge in [0.15, 0.2) is 0 Å². The van der Waals surface area contributed by atoms with Gasteiger partial charge in [0, 0.05) is 7.05 Å². The van der Waals surface area contributed by atoms with Gasteiger partial charge in [0.05, 0.1) is 18.6 Å². The summed E-state index contributed by atoms with van der Waals surface area (Å²) in [6.07, 6.45) is 0.320. The second kappa shape index (κ2) is 7.56. The number of nitrogens with zero attached hydrogens (tertiary/aromatic N) is 1. The Bertz CT molecular complexity index is 660. The number of hydrogen-bond acceptors (Lipinski definition) is 5. The number of hydrogen-bond donors (Lipinski definition) is 1. The van der Waals surface area contributed by atoms with Crippen LogP contribution in [-0.2, 0) is 24.3 Å². The molecule has 0 radical (unpaired) electrons. The number of nitrogens with one attached hydrogen (secondary N) is 1. The minimum absolute atomic E-state index is 0.0986. The Kier molecular flexibility index (Phi) is 6.28. The normalized spacial score (nSPS) is 14.1. The molecular weight excluding hydrogens is 320 g/mol. The largest absolute Gasteiger partial charge is 0.467 e. The van der Waals surface area contributed by atoms with Gasteiger partial charge in [-0.3, -0.25) is 4.79 Å². The predicted molar refractivity (Wildman–Crippen MR) is 85.1 cm³/mol. The van der Waals surface area contributed by atoms with Gasteiger partial charge < -0.3 is 10.1 Å². The number of methoxy groups -OCH3 is 1. The highest BCUT2D eigenvalue weighted by molar-refractivity contribution is 7.89. The Labute approximate surface area is 136 Å². The summed E-state index contributed by atoms with van der Waals surface area (Å²) >= 11 is 0. The molecule has 0 aliphatic heterocycles. The van der Waals surface area contributed by atoms with Crippen LogP contribution in [0.3, 0.4) is 0 Å². The SMILES string of the molecule is CC[C@@](C)(NC(=O)CN(C)S(=O)(=O)c1ccccc1)C(=O)OC. The summed E-state index contributed by atoms with van der Waals surface area (Å²) in [5, 5.41) is 2.53. The Morgan fingerprint density at radius 3 is 2.30 bits per heavy atom. The fourth-order valence-electron chi connectivity index (χ4n) is 1.92. The molecule has 0 saturated heterocycles. The van der Waals surface area contributed by atoms with Crippen molar-refractivity contribution in [3.63, 3.8) is 0 Å². The number of likely N-dealkylation sites (N-methyl/N-ethyl adjacent to an activating group) is 1. The number of carbonyl (C=O) groups excluding carboxylic acids is 2. The van der Waals surface area contributed by atoms with Crippen molar-refractivity contribution < 1.29 is 22.7 Å². The molecule has 0 aliphatic carbocycles. The number of sulfonamides is 1. The van der Waals surface area contributed by atoms with Crippen molar-refractivity contribution in [2.24, 2.45) is 0 Å². The molecule has 0 fully saturated rings. The van der Waals surface area contributed by atoms with Crippen LogP contribution in [0.25, 0.3) is 0 Å². The van der Waals surface area contributed by atoms with Crippen molar-refractivity contribution in [3.8, 4) is 0 Å². The molecule has 1 atom stereocenters.